The lowest BCUT2D eigenvalue weighted by Gasteiger charge is -2.22. The summed E-state index contributed by atoms with van der Waals surface area (Å²) in [5.41, 5.74) is 1.18. The second-order valence-electron chi connectivity index (χ2n) is 4.73. The van der Waals surface area contributed by atoms with Crippen LogP contribution in [0.15, 0.2) is 18.3 Å². The first-order valence-corrected chi connectivity index (χ1v) is 7.99. The summed E-state index contributed by atoms with van der Waals surface area (Å²) in [6.07, 6.45) is 7.12. The van der Waals surface area contributed by atoms with E-state index in [9.17, 15) is 0 Å². The first-order valence-electron chi connectivity index (χ1n) is 6.94. The molecule has 18 heavy (non-hydrogen) atoms. The first-order chi connectivity index (χ1) is 8.88. The number of anilines is 2. The Hall–Kier alpha value is -0.900. The lowest BCUT2D eigenvalue weighted by atomic mass is 10.2. The van der Waals surface area contributed by atoms with Crippen LogP contribution in [0.1, 0.15) is 32.6 Å². The molecule has 1 aliphatic rings. The van der Waals surface area contributed by atoms with Crippen LogP contribution < -0.4 is 10.6 Å². The number of rotatable bonds is 6. The number of hydrogen-bond acceptors (Lipinski definition) is 4. The predicted molar refractivity (Wildman–Crippen MR) is 81.6 cm³/mol. The zero-order valence-electron chi connectivity index (χ0n) is 11.1. The topological polar surface area (TPSA) is 37.0 Å². The Morgan fingerprint density at radius 3 is 3.11 bits per heavy atom. The van der Waals surface area contributed by atoms with Crippen molar-refractivity contribution in [3.05, 3.63) is 18.3 Å². The second-order valence-corrected chi connectivity index (χ2v) is 6.13. The van der Waals surface area contributed by atoms with E-state index in [1.54, 1.807) is 0 Å². The van der Waals surface area contributed by atoms with Gasteiger partial charge in [-0.25, -0.2) is 4.98 Å². The van der Waals surface area contributed by atoms with Gasteiger partial charge >= 0.3 is 0 Å². The molecule has 0 radical (unpaired) electrons. The number of thioether (sulfide) groups is 1. The third-order valence-corrected chi connectivity index (χ3v) is 4.52. The fourth-order valence-corrected chi connectivity index (χ4v) is 3.33. The van der Waals surface area contributed by atoms with Gasteiger partial charge in [0.2, 0.25) is 0 Å². The SMILES string of the molecule is CCCNc1cc(NCC2CCCCS2)ccn1. The van der Waals surface area contributed by atoms with Crippen LogP contribution in [0.25, 0.3) is 0 Å². The average molecular weight is 265 g/mol. The van der Waals surface area contributed by atoms with Crippen molar-refractivity contribution in [2.75, 3.05) is 29.5 Å². The zero-order valence-corrected chi connectivity index (χ0v) is 11.9. The lowest BCUT2D eigenvalue weighted by molar-refractivity contribution is 0.677. The minimum atomic E-state index is 0.777. The van der Waals surface area contributed by atoms with Gasteiger partial charge in [-0.15, -0.1) is 0 Å². The molecule has 0 bridgehead atoms. The molecule has 0 aliphatic carbocycles. The Morgan fingerprint density at radius 2 is 2.33 bits per heavy atom. The van der Waals surface area contributed by atoms with E-state index in [1.807, 2.05) is 12.3 Å². The summed E-state index contributed by atoms with van der Waals surface area (Å²) in [5.74, 6) is 2.30. The van der Waals surface area contributed by atoms with E-state index < -0.39 is 0 Å². The van der Waals surface area contributed by atoms with Gasteiger partial charge in [-0.3, -0.25) is 0 Å². The van der Waals surface area contributed by atoms with Gasteiger partial charge in [-0.1, -0.05) is 13.3 Å². The van der Waals surface area contributed by atoms with E-state index >= 15 is 0 Å². The normalized spacial score (nSPS) is 19.5. The highest BCUT2D eigenvalue weighted by molar-refractivity contribution is 7.99. The van der Waals surface area contributed by atoms with Crippen molar-refractivity contribution in [2.45, 2.75) is 37.9 Å². The van der Waals surface area contributed by atoms with Gasteiger partial charge in [0.1, 0.15) is 5.82 Å². The molecule has 0 amide bonds. The maximum atomic E-state index is 4.32. The number of hydrogen-bond donors (Lipinski definition) is 2. The van der Waals surface area contributed by atoms with E-state index in [2.05, 4.69) is 40.4 Å². The van der Waals surface area contributed by atoms with Gasteiger partial charge in [0.05, 0.1) is 0 Å². The quantitative estimate of drug-likeness (QED) is 0.824. The van der Waals surface area contributed by atoms with Crippen LogP contribution in [0, 0.1) is 0 Å². The number of nitrogens with one attached hydrogen (secondary N) is 2. The van der Waals surface area contributed by atoms with Crippen LogP contribution in [0.2, 0.25) is 0 Å². The summed E-state index contributed by atoms with van der Waals surface area (Å²) in [5, 5.41) is 7.62. The highest BCUT2D eigenvalue weighted by Gasteiger charge is 2.13. The average Bonchev–Trinajstić information content (AvgIpc) is 2.44. The van der Waals surface area contributed by atoms with Crippen LogP contribution in [0.4, 0.5) is 11.5 Å². The largest absolute Gasteiger partial charge is 0.384 e. The van der Waals surface area contributed by atoms with Crippen molar-refractivity contribution in [1.82, 2.24) is 4.98 Å². The van der Waals surface area contributed by atoms with Crippen LogP contribution in [-0.4, -0.2) is 29.1 Å². The predicted octanol–water partition coefficient (Wildman–Crippen LogP) is 3.60. The molecule has 0 saturated carbocycles. The molecule has 100 valence electrons. The highest BCUT2D eigenvalue weighted by atomic mass is 32.2. The molecule has 1 aliphatic heterocycles. The number of pyridine rings is 1. The van der Waals surface area contributed by atoms with E-state index in [-0.39, 0.29) is 0 Å². The summed E-state index contributed by atoms with van der Waals surface area (Å²) < 4.78 is 0. The Kier molecular flexibility index (Phi) is 5.65. The molecule has 0 aromatic carbocycles. The summed E-state index contributed by atoms with van der Waals surface area (Å²) in [6.45, 7) is 4.21. The maximum Gasteiger partial charge on any atom is 0.127 e. The van der Waals surface area contributed by atoms with Gasteiger partial charge in [0, 0.05) is 36.3 Å². The molecule has 1 unspecified atom stereocenters. The number of nitrogens with zero attached hydrogens (tertiary/aromatic N) is 1. The van der Waals surface area contributed by atoms with Gasteiger partial charge in [-0.05, 0) is 31.1 Å². The van der Waals surface area contributed by atoms with Crippen molar-refractivity contribution in [2.24, 2.45) is 0 Å². The Morgan fingerprint density at radius 1 is 1.39 bits per heavy atom. The van der Waals surface area contributed by atoms with Crippen molar-refractivity contribution < 1.29 is 0 Å². The van der Waals surface area contributed by atoms with Crippen LogP contribution in [0.3, 0.4) is 0 Å². The van der Waals surface area contributed by atoms with E-state index in [4.69, 9.17) is 0 Å². The summed E-state index contributed by atoms with van der Waals surface area (Å²) >= 11 is 2.11. The monoisotopic (exact) mass is 265 g/mol. The Bertz CT molecular complexity index is 351. The minimum absolute atomic E-state index is 0.777. The summed E-state index contributed by atoms with van der Waals surface area (Å²) in [7, 11) is 0. The van der Waals surface area contributed by atoms with E-state index in [0.717, 1.165) is 30.6 Å². The summed E-state index contributed by atoms with van der Waals surface area (Å²) in [6, 6.07) is 4.15. The molecule has 1 saturated heterocycles. The Labute approximate surface area is 114 Å². The maximum absolute atomic E-state index is 4.32. The van der Waals surface area contributed by atoms with Crippen LogP contribution in [-0.2, 0) is 0 Å². The third-order valence-electron chi connectivity index (χ3n) is 3.12. The molecule has 1 fully saturated rings. The lowest BCUT2D eigenvalue weighted by Crippen LogP contribution is -2.20. The molecule has 1 atom stereocenters. The second kappa shape index (κ2) is 7.52. The van der Waals surface area contributed by atoms with Gasteiger partial charge in [0.25, 0.3) is 0 Å². The van der Waals surface area contributed by atoms with Crippen molar-refractivity contribution in [1.29, 1.82) is 0 Å². The van der Waals surface area contributed by atoms with E-state index in [1.165, 1.54) is 30.7 Å². The molecule has 2 heterocycles. The molecule has 3 nitrogen and oxygen atoms in total. The Balaban J connectivity index is 1.80. The van der Waals surface area contributed by atoms with Crippen molar-refractivity contribution >= 4 is 23.3 Å². The molecular formula is C14H23N3S. The van der Waals surface area contributed by atoms with Gasteiger partial charge in [0.15, 0.2) is 0 Å². The smallest absolute Gasteiger partial charge is 0.127 e. The molecule has 0 spiro atoms. The zero-order chi connectivity index (χ0) is 12.6. The molecule has 1 aromatic heterocycles. The molecule has 2 N–H and O–H groups in total. The summed E-state index contributed by atoms with van der Waals surface area (Å²) in [4.78, 5) is 4.32. The van der Waals surface area contributed by atoms with Crippen LogP contribution in [0.5, 0.6) is 0 Å². The highest BCUT2D eigenvalue weighted by Crippen LogP contribution is 2.25. The van der Waals surface area contributed by atoms with Crippen molar-refractivity contribution in [3.63, 3.8) is 0 Å². The molecular weight excluding hydrogens is 242 g/mol. The van der Waals surface area contributed by atoms with E-state index in [0.29, 0.717) is 0 Å². The fraction of sp³-hybridized carbons (Fsp3) is 0.643. The number of aromatic nitrogens is 1. The molecule has 2 rings (SSSR count). The molecule has 4 heteroatoms. The van der Waals surface area contributed by atoms with Crippen LogP contribution >= 0.6 is 11.8 Å². The third kappa shape index (κ3) is 4.41. The van der Waals surface area contributed by atoms with Gasteiger partial charge in [-0.2, -0.15) is 11.8 Å². The fourth-order valence-electron chi connectivity index (χ4n) is 2.09. The molecule has 1 aromatic rings. The first kappa shape index (κ1) is 13.5. The minimum Gasteiger partial charge on any atom is -0.384 e. The van der Waals surface area contributed by atoms with Crippen molar-refractivity contribution in [3.8, 4) is 0 Å². The van der Waals surface area contributed by atoms with Gasteiger partial charge < -0.3 is 10.6 Å². The standard InChI is InChI=1S/C14H23N3S/c1-2-7-15-14-10-12(6-8-16-14)17-11-13-5-3-4-9-18-13/h6,8,10,13H,2-5,7,9,11H2,1H3,(H2,15,16,17).